The van der Waals surface area contributed by atoms with Gasteiger partial charge in [0.2, 0.25) is 5.24 Å². The van der Waals surface area contributed by atoms with Crippen molar-refractivity contribution < 1.29 is 14.3 Å². The van der Waals surface area contributed by atoms with Crippen LogP contribution in [0.1, 0.15) is 12.8 Å². The number of hydrogen-bond donors (Lipinski definition) is 0. The number of methoxy groups -OCH3 is 1. The summed E-state index contributed by atoms with van der Waals surface area (Å²) in [5.41, 5.74) is 0. The first-order chi connectivity index (χ1) is 5.07. The zero-order chi connectivity index (χ0) is 8.85. The molecule has 0 bridgehead atoms. The second kappa shape index (κ2) is 5.55. The van der Waals surface area contributed by atoms with Crippen molar-refractivity contribution in [1.29, 1.82) is 0 Å². The molecule has 0 aliphatic rings. The van der Waals surface area contributed by atoms with Crippen LogP contribution in [-0.2, 0) is 14.3 Å². The summed E-state index contributed by atoms with van der Waals surface area (Å²) in [4.78, 5) is 20.5. The summed E-state index contributed by atoms with van der Waals surface area (Å²) in [5.74, 6) is -0.340. The van der Waals surface area contributed by atoms with E-state index in [9.17, 15) is 9.59 Å². The molecule has 1 atom stereocenters. The minimum absolute atomic E-state index is 0.199. The Kier molecular flexibility index (Phi) is 5.50. The van der Waals surface area contributed by atoms with Crippen molar-refractivity contribution in [2.75, 3.05) is 7.11 Å². The van der Waals surface area contributed by atoms with Crippen LogP contribution >= 0.6 is 27.5 Å². The first-order valence-electron chi connectivity index (χ1n) is 2.98. The molecule has 0 N–H and O–H groups in total. The molecule has 0 rings (SSSR count). The van der Waals surface area contributed by atoms with Gasteiger partial charge in [0, 0.05) is 6.42 Å². The van der Waals surface area contributed by atoms with E-state index >= 15 is 0 Å². The highest BCUT2D eigenvalue weighted by molar-refractivity contribution is 9.10. The number of carbonyl (C=O) groups is 2. The number of esters is 1. The molecule has 0 saturated heterocycles. The van der Waals surface area contributed by atoms with Gasteiger partial charge >= 0.3 is 5.97 Å². The van der Waals surface area contributed by atoms with Crippen LogP contribution in [0.25, 0.3) is 0 Å². The van der Waals surface area contributed by atoms with Crippen molar-refractivity contribution >= 4 is 38.7 Å². The lowest BCUT2D eigenvalue weighted by atomic mass is 10.2. The van der Waals surface area contributed by atoms with Gasteiger partial charge in [-0.25, -0.2) is 0 Å². The Balaban J connectivity index is 3.54. The summed E-state index contributed by atoms with van der Waals surface area (Å²) < 4.78 is 4.37. The van der Waals surface area contributed by atoms with Gasteiger partial charge < -0.3 is 4.74 Å². The molecule has 0 fully saturated rings. The van der Waals surface area contributed by atoms with Crippen LogP contribution in [0.15, 0.2) is 0 Å². The van der Waals surface area contributed by atoms with Crippen LogP contribution in [0, 0.1) is 0 Å². The van der Waals surface area contributed by atoms with Gasteiger partial charge in [-0.1, -0.05) is 15.9 Å². The average molecular weight is 243 g/mol. The van der Waals surface area contributed by atoms with Crippen LogP contribution in [0.4, 0.5) is 0 Å². The van der Waals surface area contributed by atoms with Crippen LogP contribution in [-0.4, -0.2) is 23.1 Å². The molecular formula is C6H8BrClO3. The van der Waals surface area contributed by atoms with Gasteiger partial charge in [0.15, 0.2) is 0 Å². The van der Waals surface area contributed by atoms with Gasteiger partial charge in [-0.15, -0.1) is 0 Å². The number of halogens is 2. The predicted molar refractivity (Wildman–Crippen MR) is 44.8 cm³/mol. The topological polar surface area (TPSA) is 43.4 Å². The molecule has 0 aromatic rings. The van der Waals surface area contributed by atoms with Gasteiger partial charge in [-0.05, 0) is 18.0 Å². The van der Waals surface area contributed by atoms with E-state index in [2.05, 4.69) is 20.7 Å². The molecule has 0 unspecified atom stereocenters. The highest BCUT2D eigenvalue weighted by Gasteiger charge is 2.13. The van der Waals surface area contributed by atoms with E-state index in [1.54, 1.807) is 0 Å². The third kappa shape index (κ3) is 5.21. The summed E-state index contributed by atoms with van der Waals surface area (Å²) in [7, 11) is 1.30. The maximum absolute atomic E-state index is 10.5. The third-order valence-corrected chi connectivity index (χ3v) is 2.48. The summed E-state index contributed by atoms with van der Waals surface area (Å²) in [6.45, 7) is 0. The zero-order valence-electron chi connectivity index (χ0n) is 5.97. The number of alkyl halides is 1. The standard InChI is InChI=1S/C6H8BrClO3/c1-11-5(9)3-2-4(7)6(8)10/h4H,2-3H2,1H3/t4-/m0/s1. The molecule has 0 saturated carbocycles. The Morgan fingerprint density at radius 2 is 2.18 bits per heavy atom. The highest BCUT2D eigenvalue weighted by Crippen LogP contribution is 2.11. The number of hydrogen-bond acceptors (Lipinski definition) is 3. The van der Waals surface area contributed by atoms with Crippen LogP contribution < -0.4 is 0 Å². The van der Waals surface area contributed by atoms with E-state index < -0.39 is 10.1 Å². The minimum Gasteiger partial charge on any atom is -0.469 e. The molecule has 0 heterocycles. The highest BCUT2D eigenvalue weighted by atomic mass is 79.9. The van der Waals surface area contributed by atoms with Crippen molar-refractivity contribution in [1.82, 2.24) is 0 Å². The second-order valence-electron chi connectivity index (χ2n) is 1.89. The largest absolute Gasteiger partial charge is 0.469 e. The maximum atomic E-state index is 10.5. The lowest BCUT2D eigenvalue weighted by Crippen LogP contribution is -2.10. The molecule has 5 heteroatoms. The summed E-state index contributed by atoms with van der Waals surface area (Å²) >= 11 is 8.13. The fourth-order valence-electron chi connectivity index (χ4n) is 0.460. The average Bonchev–Trinajstić information content (AvgIpc) is 1.99. The number of carbonyl (C=O) groups excluding carboxylic acids is 2. The molecule has 11 heavy (non-hydrogen) atoms. The molecule has 0 radical (unpaired) electrons. The van der Waals surface area contributed by atoms with Crippen LogP contribution in [0.2, 0.25) is 0 Å². The SMILES string of the molecule is COC(=O)CC[C@H](Br)C(=O)Cl. The van der Waals surface area contributed by atoms with Gasteiger partial charge in [0.25, 0.3) is 0 Å². The monoisotopic (exact) mass is 242 g/mol. The van der Waals surface area contributed by atoms with Gasteiger partial charge in [-0.3, -0.25) is 9.59 Å². The first-order valence-corrected chi connectivity index (χ1v) is 4.27. The van der Waals surface area contributed by atoms with Gasteiger partial charge in [0.1, 0.15) is 0 Å². The minimum atomic E-state index is -0.492. The van der Waals surface area contributed by atoms with Crippen molar-refractivity contribution in [3.05, 3.63) is 0 Å². The van der Waals surface area contributed by atoms with Crippen LogP contribution in [0.5, 0.6) is 0 Å². The van der Waals surface area contributed by atoms with E-state index in [4.69, 9.17) is 11.6 Å². The smallest absolute Gasteiger partial charge is 0.305 e. The molecule has 0 aromatic heterocycles. The normalized spacial score (nSPS) is 12.3. The lowest BCUT2D eigenvalue weighted by Gasteiger charge is -2.01. The molecule has 0 aromatic carbocycles. The predicted octanol–water partition coefficient (Wildman–Crippen LogP) is 1.47. The Morgan fingerprint density at radius 3 is 2.55 bits per heavy atom. The Hall–Kier alpha value is -0.0900. The molecule has 0 aliphatic heterocycles. The Labute approximate surface area is 78.2 Å². The van der Waals surface area contributed by atoms with E-state index in [0.717, 1.165) is 0 Å². The number of ether oxygens (including phenoxy) is 1. The Morgan fingerprint density at radius 1 is 1.64 bits per heavy atom. The van der Waals surface area contributed by atoms with Crippen molar-refractivity contribution in [2.24, 2.45) is 0 Å². The zero-order valence-corrected chi connectivity index (χ0v) is 8.31. The molecule has 64 valence electrons. The fourth-order valence-corrected chi connectivity index (χ4v) is 0.798. The van der Waals surface area contributed by atoms with Gasteiger partial charge in [-0.2, -0.15) is 0 Å². The van der Waals surface area contributed by atoms with Crippen LogP contribution in [0.3, 0.4) is 0 Å². The molecule has 0 aliphatic carbocycles. The fraction of sp³-hybridized carbons (Fsp3) is 0.667. The summed E-state index contributed by atoms with van der Waals surface area (Å²) in [6, 6.07) is 0. The van der Waals surface area contributed by atoms with Gasteiger partial charge in [0.05, 0.1) is 11.9 Å². The van der Waals surface area contributed by atoms with E-state index in [-0.39, 0.29) is 12.4 Å². The number of rotatable bonds is 4. The molecule has 0 spiro atoms. The van der Waals surface area contributed by atoms with Crippen molar-refractivity contribution in [3.63, 3.8) is 0 Å². The van der Waals surface area contributed by atoms with E-state index in [0.29, 0.717) is 6.42 Å². The second-order valence-corrected chi connectivity index (χ2v) is 3.36. The van der Waals surface area contributed by atoms with Crippen molar-refractivity contribution in [3.8, 4) is 0 Å². The van der Waals surface area contributed by atoms with E-state index in [1.807, 2.05) is 0 Å². The molecular weight excluding hydrogens is 235 g/mol. The summed E-state index contributed by atoms with van der Waals surface area (Å²) in [5, 5.41) is -0.492. The first kappa shape index (κ1) is 10.9. The molecule has 0 amide bonds. The van der Waals surface area contributed by atoms with E-state index in [1.165, 1.54) is 7.11 Å². The third-order valence-electron chi connectivity index (χ3n) is 1.08. The molecule has 3 nitrogen and oxygen atoms in total. The Bertz CT molecular complexity index is 160. The lowest BCUT2D eigenvalue weighted by molar-refractivity contribution is -0.140. The maximum Gasteiger partial charge on any atom is 0.305 e. The quantitative estimate of drug-likeness (QED) is 0.427. The van der Waals surface area contributed by atoms with Crippen molar-refractivity contribution in [2.45, 2.75) is 17.7 Å². The summed E-state index contributed by atoms with van der Waals surface area (Å²) in [6.07, 6.45) is 0.569.